The van der Waals surface area contributed by atoms with E-state index in [1.165, 1.54) is 0 Å². The van der Waals surface area contributed by atoms with Crippen LogP contribution in [0.1, 0.15) is 20.8 Å². The summed E-state index contributed by atoms with van der Waals surface area (Å²) in [4.78, 5) is 37.4. The van der Waals surface area contributed by atoms with Gasteiger partial charge in [0.25, 0.3) is 0 Å². The van der Waals surface area contributed by atoms with Gasteiger partial charge in [-0.2, -0.15) is 23.9 Å². The van der Waals surface area contributed by atoms with Gasteiger partial charge >= 0.3 is 16.9 Å². The van der Waals surface area contributed by atoms with E-state index in [9.17, 15) is 19.6 Å². The summed E-state index contributed by atoms with van der Waals surface area (Å²) in [5, 5.41) is 9.23. The van der Waals surface area contributed by atoms with Crippen molar-refractivity contribution >= 4 is 11.2 Å². The number of fused-ring (bicyclic) bond motifs is 1. The van der Waals surface area contributed by atoms with Crippen molar-refractivity contribution < 1.29 is 0 Å². The molecule has 0 radical (unpaired) electrons. The van der Waals surface area contributed by atoms with Crippen molar-refractivity contribution in [2.75, 3.05) is 35.9 Å². The summed E-state index contributed by atoms with van der Waals surface area (Å²) in [6.45, 7) is 6.28. The van der Waals surface area contributed by atoms with Gasteiger partial charge in [-0.05, 0) is 20.8 Å². The smallest absolute Gasteiger partial charge is 0.320 e. The lowest BCUT2D eigenvalue weighted by atomic mass is 10.5. The van der Waals surface area contributed by atoms with Crippen LogP contribution in [0.5, 0.6) is 0 Å². The second-order valence-electron chi connectivity index (χ2n) is 4.52. The quantitative estimate of drug-likeness (QED) is 0.569. The zero-order chi connectivity index (χ0) is 17.1. The number of imidazole rings is 1. The summed E-state index contributed by atoms with van der Waals surface area (Å²) in [7, 11) is 0. The Kier molecular flexibility index (Phi) is 4.44. The lowest BCUT2D eigenvalue weighted by molar-refractivity contribution is 0.682. The van der Waals surface area contributed by atoms with E-state index in [0.29, 0.717) is 24.2 Å². The van der Waals surface area contributed by atoms with E-state index >= 15 is 0 Å². The summed E-state index contributed by atoms with van der Waals surface area (Å²) in [5.74, 6) is 0. The van der Waals surface area contributed by atoms with Crippen LogP contribution in [0, 0.1) is 11.5 Å². The van der Waals surface area contributed by atoms with Crippen molar-refractivity contribution in [1.82, 2.24) is 18.6 Å². The van der Waals surface area contributed by atoms with Crippen LogP contribution < -0.4 is 33.2 Å². The number of nitrogens with one attached hydrogen (secondary N) is 3. The van der Waals surface area contributed by atoms with E-state index in [1.54, 1.807) is 27.0 Å². The molecule has 0 amide bonds. The van der Waals surface area contributed by atoms with Gasteiger partial charge in [0, 0.05) is 19.6 Å². The van der Waals surface area contributed by atoms with Gasteiger partial charge in [-0.1, -0.05) is 0 Å². The predicted molar refractivity (Wildman–Crippen MR) is 85.4 cm³/mol. The lowest BCUT2D eigenvalue weighted by Gasteiger charge is -2.14. The van der Waals surface area contributed by atoms with E-state index in [-0.39, 0.29) is 11.2 Å². The molecule has 3 N–H and O–H groups in total. The topological polar surface area (TPSA) is 131 Å². The third-order valence-electron chi connectivity index (χ3n) is 3.08. The number of aromatic nitrogens is 4. The molecule has 2 rings (SSSR count). The summed E-state index contributed by atoms with van der Waals surface area (Å²) < 4.78 is 3.51. The maximum Gasteiger partial charge on any atom is 0.370 e. The molecule has 0 saturated heterocycles. The van der Waals surface area contributed by atoms with Gasteiger partial charge in [0.1, 0.15) is 0 Å². The van der Waals surface area contributed by atoms with Gasteiger partial charge in [0.15, 0.2) is 17.4 Å². The molecular weight excluding hydrogens is 304 g/mol. The third-order valence-corrected chi connectivity index (χ3v) is 3.08. The van der Waals surface area contributed by atoms with E-state index in [1.807, 2.05) is 0 Å². The maximum atomic E-state index is 12.6. The fraction of sp³-hybridized carbons (Fsp3) is 0.500. The number of hydrogen-bond donors (Lipinski definition) is 3. The normalized spacial score (nSPS) is 10.5. The molecule has 2 aromatic heterocycles. The molecule has 0 bridgehead atoms. The van der Waals surface area contributed by atoms with Gasteiger partial charge in [0.05, 0.1) is 0 Å². The molecular formula is C12H18N8O3. The highest BCUT2D eigenvalue weighted by Crippen LogP contribution is 2.04. The van der Waals surface area contributed by atoms with Crippen molar-refractivity contribution in [3.63, 3.8) is 0 Å². The van der Waals surface area contributed by atoms with E-state index < -0.39 is 16.9 Å². The molecule has 0 aliphatic rings. The molecule has 0 unspecified atom stereocenters. The number of nitrogens with zero attached hydrogens (tertiary/aromatic N) is 5. The van der Waals surface area contributed by atoms with Crippen LogP contribution in [0.2, 0.25) is 0 Å². The molecule has 0 aromatic carbocycles. The largest absolute Gasteiger partial charge is 0.370 e. The highest BCUT2D eigenvalue weighted by atomic mass is 16.2. The standard InChI is InChI=1S/C12H18N8O3/c1-4-14-18-9-8(17(7-13)11(18)22)10(21)20(16-6-3)12(23)19(9)15-5-2/h14-16H,4-6H2,1-3H3. The Morgan fingerprint density at radius 1 is 0.870 bits per heavy atom. The third kappa shape index (κ3) is 2.33. The minimum Gasteiger partial charge on any atom is -0.320 e. The maximum absolute atomic E-state index is 12.6. The van der Waals surface area contributed by atoms with Gasteiger partial charge < -0.3 is 16.3 Å². The first-order valence-corrected chi connectivity index (χ1v) is 7.20. The Bertz CT molecular complexity index is 939. The van der Waals surface area contributed by atoms with Crippen LogP contribution in [0.3, 0.4) is 0 Å². The Morgan fingerprint density at radius 3 is 1.83 bits per heavy atom. The molecule has 124 valence electrons. The first-order chi connectivity index (χ1) is 11.0. The molecule has 11 nitrogen and oxygen atoms in total. The summed E-state index contributed by atoms with van der Waals surface area (Å²) in [6.07, 6.45) is 1.68. The number of rotatable bonds is 6. The first-order valence-electron chi connectivity index (χ1n) is 7.20. The zero-order valence-electron chi connectivity index (χ0n) is 13.1. The van der Waals surface area contributed by atoms with Gasteiger partial charge in [-0.15, -0.1) is 0 Å². The second kappa shape index (κ2) is 6.30. The molecule has 0 fully saturated rings. The highest BCUT2D eigenvalue weighted by molar-refractivity contribution is 5.72. The molecule has 23 heavy (non-hydrogen) atoms. The molecule has 2 heterocycles. The van der Waals surface area contributed by atoms with Gasteiger partial charge in [-0.25, -0.2) is 9.59 Å². The van der Waals surface area contributed by atoms with E-state index in [2.05, 4.69) is 16.3 Å². The summed E-state index contributed by atoms with van der Waals surface area (Å²) in [5.41, 5.74) is 5.75. The SMILES string of the molecule is CCNn1c(=O)c2c(n(NCC)c1=O)n(NCC)c(=O)n2C#N. The van der Waals surface area contributed by atoms with Crippen LogP contribution in [-0.2, 0) is 0 Å². The predicted octanol–water partition coefficient (Wildman–Crippen LogP) is -1.85. The first kappa shape index (κ1) is 16.2. The highest BCUT2D eigenvalue weighted by Gasteiger charge is 2.23. The summed E-state index contributed by atoms with van der Waals surface area (Å²) in [6, 6.07) is 0. The van der Waals surface area contributed by atoms with Crippen LogP contribution in [0.15, 0.2) is 14.4 Å². The fourth-order valence-corrected chi connectivity index (χ4v) is 2.26. The average molecular weight is 322 g/mol. The van der Waals surface area contributed by atoms with Gasteiger partial charge in [0.2, 0.25) is 0 Å². The second-order valence-corrected chi connectivity index (χ2v) is 4.52. The van der Waals surface area contributed by atoms with Crippen LogP contribution >= 0.6 is 0 Å². The van der Waals surface area contributed by atoms with Crippen molar-refractivity contribution in [2.45, 2.75) is 20.8 Å². The summed E-state index contributed by atoms with van der Waals surface area (Å²) >= 11 is 0. The van der Waals surface area contributed by atoms with E-state index in [4.69, 9.17) is 0 Å². The monoisotopic (exact) mass is 322 g/mol. The number of nitriles is 1. The van der Waals surface area contributed by atoms with Crippen LogP contribution in [0.4, 0.5) is 0 Å². The Balaban J connectivity index is 3.11. The van der Waals surface area contributed by atoms with Gasteiger partial charge in [-0.3, -0.25) is 4.79 Å². The van der Waals surface area contributed by atoms with Crippen LogP contribution in [0.25, 0.3) is 11.2 Å². The Hall–Kier alpha value is -3.16. The van der Waals surface area contributed by atoms with E-state index in [0.717, 1.165) is 14.0 Å². The molecule has 0 atom stereocenters. The van der Waals surface area contributed by atoms with Crippen molar-refractivity contribution in [3.8, 4) is 6.19 Å². The Morgan fingerprint density at radius 2 is 1.35 bits per heavy atom. The lowest BCUT2D eigenvalue weighted by Crippen LogP contribution is -2.48. The van der Waals surface area contributed by atoms with Crippen molar-refractivity contribution in [1.29, 1.82) is 5.26 Å². The number of hydrogen-bond acceptors (Lipinski definition) is 7. The Labute approximate surface area is 130 Å². The minimum atomic E-state index is -0.767. The zero-order valence-corrected chi connectivity index (χ0v) is 13.1. The molecule has 2 aromatic rings. The fourth-order valence-electron chi connectivity index (χ4n) is 2.26. The molecule has 0 aliphatic heterocycles. The van der Waals surface area contributed by atoms with Crippen molar-refractivity contribution in [2.24, 2.45) is 0 Å². The molecule has 0 aliphatic carbocycles. The average Bonchev–Trinajstić information content (AvgIpc) is 2.81. The minimum absolute atomic E-state index is 0.00981. The molecule has 0 saturated carbocycles. The molecule has 0 spiro atoms. The van der Waals surface area contributed by atoms with Crippen molar-refractivity contribution in [3.05, 3.63) is 31.3 Å². The molecule has 11 heteroatoms. The van der Waals surface area contributed by atoms with Crippen LogP contribution in [-0.4, -0.2) is 38.2 Å².